The number of aliphatic imine (C=N–C) groups is 1. The van der Waals surface area contributed by atoms with Crippen LogP contribution in [0, 0.1) is 5.82 Å². The van der Waals surface area contributed by atoms with E-state index in [9.17, 15) is 4.39 Å². The number of benzene rings is 2. The average Bonchev–Trinajstić information content (AvgIpc) is 2.70. The van der Waals surface area contributed by atoms with Gasteiger partial charge in [0.25, 0.3) is 0 Å². The van der Waals surface area contributed by atoms with E-state index in [1.54, 1.807) is 40.5 Å². The van der Waals surface area contributed by atoms with E-state index in [-0.39, 0.29) is 5.82 Å². The third-order valence-electron chi connectivity index (χ3n) is 4.07. The van der Waals surface area contributed by atoms with E-state index in [2.05, 4.69) is 15.6 Å². The Balaban J connectivity index is 1.93. The van der Waals surface area contributed by atoms with Crippen molar-refractivity contribution in [1.29, 1.82) is 0 Å². The van der Waals surface area contributed by atoms with Crippen molar-refractivity contribution in [3.05, 3.63) is 53.3 Å². The highest BCUT2D eigenvalue weighted by Crippen LogP contribution is 2.39. The van der Waals surface area contributed by atoms with Gasteiger partial charge in [-0.15, -0.1) is 0 Å². The molecule has 6 nitrogen and oxygen atoms in total. The van der Waals surface area contributed by atoms with Crippen molar-refractivity contribution in [1.82, 2.24) is 10.6 Å². The van der Waals surface area contributed by atoms with Gasteiger partial charge in [-0.25, -0.2) is 4.39 Å². The first-order valence-electron chi connectivity index (χ1n) is 8.59. The van der Waals surface area contributed by atoms with Crippen LogP contribution < -0.4 is 24.8 Å². The maximum Gasteiger partial charge on any atom is 0.203 e. The van der Waals surface area contributed by atoms with Gasteiger partial charge in [-0.05, 0) is 30.2 Å². The molecule has 0 heterocycles. The second-order valence-corrected chi connectivity index (χ2v) is 5.72. The fraction of sp³-hybridized carbons (Fsp3) is 0.350. The highest BCUT2D eigenvalue weighted by molar-refractivity contribution is 5.79. The molecular weight excluding hydrogens is 349 g/mol. The first-order valence-corrected chi connectivity index (χ1v) is 8.59. The quantitative estimate of drug-likeness (QED) is 0.549. The van der Waals surface area contributed by atoms with Crippen LogP contribution in [0.1, 0.15) is 11.1 Å². The van der Waals surface area contributed by atoms with Gasteiger partial charge in [0.05, 0.1) is 21.3 Å². The molecule has 146 valence electrons. The molecule has 2 N–H and O–H groups in total. The molecule has 0 amide bonds. The van der Waals surface area contributed by atoms with Crippen molar-refractivity contribution in [2.45, 2.75) is 13.0 Å². The predicted molar refractivity (Wildman–Crippen MR) is 104 cm³/mol. The molecule has 0 saturated carbocycles. The van der Waals surface area contributed by atoms with Crippen LogP contribution in [0.25, 0.3) is 0 Å². The van der Waals surface area contributed by atoms with Gasteiger partial charge in [0, 0.05) is 25.7 Å². The minimum Gasteiger partial charge on any atom is -0.493 e. The van der Waals surface area contributed by atoms with Crippen LogP contribution in [0.5, 0.6) is 17.2 Å². The van der Waals surface area contributed by atoms with E-state index in [1.165, 1.54) is 12.1 Å². The minimum atomic E-state index is -0.245. The molecule has 0 unspecified atom stereocenters. The van der Waals surface area contributed by atoms with Crippen molar-refractivity contribution >= 4 is 5.96 Å². The lowest BCUT2D eigenvalue weighted by atomic mass is 10.1. The van der Waals surface area contributed by atoms with Crippen LogP contribution in [0.4, 0.5) is 4.39 Å². The van der Waals surface area contributed by atoms with E-state index in [0.29, 0.717) is 42.7 Å². The van der Waals surface area contributed by atoms with Crippen LogP contribution >= 0.6 is 0 Å². The first-order chi connectivity index (χ1) is 13.1. The molecule has 0 saturated heterocycles. The summed E-state index contributed by atoms with van der Waals surface area (Å²) in [6.45, 7) is 1.20. The summed E-state index contributed by atoms with van der Waals surface area (Å²) >= 11 is 0. The maximum atomic E-state index is 13.0. The third-order valence-corrected chi connectivity index (χ3v) is 4.07. The van der Waals surface area contributed by atoms with Crippen molar-refractivity contribution in [3.8, 4) is 17.2 Å². The van der Waals surface area contributed by atoms with Crippen LogP contribution in [0.2, 0.25) is 0 Å². The topological polar surface area (TPSA) is 64.1 Å². The predicted octanol–water partition coefficient (Wildman–Crippen LogP) is 2.76. The molecule has 0 bridgehead atoms. The molecule has 2 rings (SSSR count). The Hall–Kier alpha value is -2.96. The Morgan fingerprint density at radius 1 is 0.926 bits per heavy atom. The summed E-state index contributed by atoms with van der Waals surface area (Å²) in [5.74, 6) is 2.29. The zero-order chi connectivity index (χ0) is 19.6. The molecule has 7 heteroatoms. The molecule has 0 fully saturated rings. The second-order valence-electron chi connectivity index (χ2n) is 5.72. The van der Waals surface area contributed by atoms with Crippen LogP contribution in [-0.2, 0) is 13.0 Å². The number of hydrogen-bond acceptors (Lipinski definition) is 4. The number of hydrogen-bond donors (Lipinski definition) is 2. The van der Waals surface area contributed by atoms with Gasteiger partial charge >= 0.3 is 0 Å². The molecule has 0 aromatic heterocycles. The highest BCUT2D eigenvalue weighted by atomic mass is 19.1. The van der Waals surface area contributed by atoms with E-state index in [1.807, 2.05) is 12.1 Å². The smallest absolute Gasteiger partial charge is 0.203 e. The lowest BCUT2D eigenvalue weighted by Gasteiger charge is -2.16. The summed E-state index contributed by atoms with van der Waals surface area (Å²) in [4.78, 5) is 4.20. The average molecular weight is 375 g/mol. The summed E-state index contributed by atoms with van der Waals surface area (Å²) < 4.78 is 29.2. The van der Waals surface area contributed by atoms with Gasteiger partial charge in [0.2, 0.25) is 5.75 Å². The summed E-state index contributed by atoms with van der Waals surface area (Å²) in [5.41, 5.74) is 1.97. The molecule has 27 heavy (non-hydrogen) atoms. The lowest BCUT2D eigenvalue weighted by molar-refractivity contribution is 0.322. The molecular formula is C20H26FN3O3. The summed E-state index contributed by atoms with van der Waals surface area (Å²) in [7, 11) is 6.49. The van der Waals surface area contributed by atoms with Gasteiger partial charge in [-0.3, -0.25) is 4.99 Å². The zero-order valence-electron chi connectivity index (χ0n) is 16.1. The first kappa shape index (κ1) is 20.4. The van der Waals surface area contributed by atoms with Gasteiger partial charge in [-0.2, -0.15) is 0 Å². The number of halogens is 1. The standard InChI is InChI=1S/C20H26FN3O3/c1-22-20(24-13-14-5-8-16(21)9-6-14)23-12-11-15-7-10-17(25-2)19(27-4)18(15)26-3/h5-10H,11-13H2,1-4H3,(H2,22,23,24). The minimum absolute atomic E-state index is 0.245. The molecule has 0 radical (unpaired) electrons. The molecule has 0 aliphatic carbocycles. The Kier molecular flexibility index (Phi) is 7.73. The SMILES string of the molecule is CN=C(NCCc1ccc(OC)c(OC)c1OC)NCc1ccc(F)cc1. The molecule has 2 aromatic carbocycles. The van der Waals surface area contributed by atoms with Crippen molar-refractivity contribution in [2.75, 3.05) is 34.9 Å². The van der Waals surface area contributed by atoms with Gasteiger partial charge < -0.3 is 24.8 Å². The Morgan fingerprint density at radius 2 is 1.63 bits per heavy atom. The molecule has 0 atom stereocenters. The molecule has 0 spiro atoms. The van der Waals surface area contributed by atoms with Gasteiger partial charge in [-0.1, -0.05) is 18.2 Å². The Labute approximate surface area is 159 Å². The highest BCUT2D eigenvalue weighted by Gasteiger charge is 2.15. The number of nitrogens with one attached hydrogen (secondary N) is 2. The fourth-order valence-electron chi connectivity index (χ4n) is 2.68. The number of ether oxygens (including phenoxy) is 3. The van der Waals surface area contributed by atoms with Crippen LogP contribution in [-0.4, -0.2) is 40.9 Å². The normalized spacial score (nSPS) is 11.1. The second kappa shape index (κ2) is 10.3. The summed E-state index contributed by atoms with van der Waals surface area (Å²) in [6.07, 6.45) is 0.709. The molecule has 0 aliphatic heterocycles. The third kappa shape index (κ3) is 5.51. The number of rotatable bonds is 8. The largest absolute Gasteiger partial charge is 0.493 e. The van der Waals surface area contributed by atoms with Gasteiger partial charge in [0.1, 0.15) is 5.82 Å². The number of guanidine groups is 1. The van der Waals surface area contributed by atoms with E-state index in [0.717, 1.165) is 11.1 Å². The molecule has 2 aromatic rings. The molecule has 0 aliphatic rings. The van der Waals surface area contributed by atoms with Crippen LogP contribution in [0.15, 0.2) is 41.4 Å². The number of methoxy groups -OCH3 is 3. The Morgan fingerprint density at radius 3 is 2.22 bits per heavy atom. The van der Waals surface area contributed by atoms with Crippen molar-refractivity contribution in [3.63, 3.8) is 0 Å². The van der Waals surface area contributed by atoms with Crippen LogP contribution in [0.3, 0.4) is 0 Å². The van der Waals surface area contributed by atoms with E-state index < -0.39 is 0 Å². The monoisotopic (exact) mass is 375 g/mol. The van der Waals surface area contributed by atoms with E-state index >= 15 is 0 Å². The fourth-order valence-corrected chi connectivity index (χ4v) is 2.68. The zero-order valence-corrected chi connectivity index (χ0v) is 16.1. The van der Waals surface area contributed by atoms with Crippen molar-refractivity contribution < 1.29 is 18.6 Å². The maximum absolute atomic E-state index is 13.0. The van der Waals surface area contributed by atoms with Gasteiger partial charge in [0.15, 0.2) is 17.5 Å². The van der Waals surface area contributed by atoms with Crippen molar-refractivity contribution in [2.24, 2.45) is 4.99 Å². The number of nitrogens with zero attached hydrogens (tertiary/aromatic N) is 1. The summed E-state index contributed by atoms with van der Waals surface area (Å²) in [5, 5.41) is 6.46. The van der Waals surface area contributed by atoms with E-state index in [4.69, 9.17) is 14.2 Å². The lowest BCUT2D eigenvalue weighted by Crippen LogP contribution is -2.37. The Bertz CT molecular complexity index is 764. The summed E-state index contributed by atoms with van der Waals surface area (Å²) in [6, 6.07) is 10.2.